The lowest BCUT2D eigenvalue weighted by Gasteiger charge is -2.18. The predicted molar refractivity (Wildman–Crippen MR) is 125 cm³/mol. The highest BCUT2D eigenvalue weighted by molar-refractivity contribution is 5.95. The first kappa shape index (κ1) is 22.7. The van der Waals surface area contributed by atoms with Gasteiger partial charge in [-0.2, -0.15) is 4.99 Å². The molecule has 1 amide bonds. The number of nitrogens with zero attached hydrogens (tertiary/aromatic N) is 4. The molecule has 1 atom stereocenters. The van der Waals surface area contributed by atoms with Crippen molar-refractivity contribution >= 4 is 28.6 Å². The number of hydrogen-bond acceptors (Lipinski definition) is 7. The summed E-state index contributed by atoms with van der Waals surface area (Å²) in [7, 11) is 0. The molecule has 1 unspecified atom stereocenters. The molecule has 10 heteroatoms. The van der Waals surface area contributed by atoms with Gasteiger partial charge in [-0.25, -0.2) is 9.78 Å². The Labute approximate surface area is 199 Å². The van der Waals surface area contributed by atoms with Crippen molar-refractivity contribution in [3.63, 3.8) is 0 Å². The second-order valence-electron chi connectivity index (χ2n) is 8.28. The number of aryl methyl sites for hydroxylation is 1. The highest BCUT2D eigenvalue weighted by atomic mass is 16.5. The van der Waals surface area contributed by atoms with E-state index in [0.29, 0.717) is 17.9 Å². The van der Waals surface area contributed by atoms with Crippen molar-refractivity contribution in [2.75, 3.05) is 13.2 Å². The monoisotopic (exact) mass is 476 g/mol. The molecule has 4 aromatic heterocycles. The summed E-state index contributed by atoms with van der Waals surface area (Å²) in [5.74, 6) is -1.35. The van der Waals surface area contributed by atoms with Crippen LogP contribution >= 0.6 is 0 Å². The van der Waals surface area contributed by atoms with Gasteiger partial charge in [-0.1, -0.05) is 6.07 Å². The van der Waals surface area contributed by atoms with Crippen molar-refractivity contribution in [1.29, 1.82) is 0 Å². The highest BCUT2D eigenvalue weighted by Gasteiger charge is 2.24. The lowest BCUT2D eigenvalue weighted by atomic mass is 10.1. The molecule has 0 aromatic carbocycles. The van der Waals surface area contributed by atoms with Crippen molar-refractivity contribution in [2.45, 2.75) is 39.3 Å². The minimum absolute atomic E-state index is 0.0104. The molecule has 180 valence electrons. The molecule has 5 rings (SSSR count). The molecule has 0 bridgehead atoms. The zero-order valence-corrected chi connectivity index (χ0v) is 19.4. The lowest BCUT2D eigenvalue weighted by Crippen LogP contribution is -2.35. The summed E-state index contributed by atoms with van der Waals surface area (Å²) in [5.41, 5.74) is 1.26. The van der Waals surface area contributed by atoms with Crippen LogP contribution < -0.4 is 11.0 Å². The molecule has 0 saturated carbocycles. The summed E-state index contributed by atoms with van der Waals surface area (Å²) >= 11 is 0. The van der Waals surface area contributed by atoms with Gasteiger partial charge in [-0.15, -0.1) is 0 Å². The average Bonchev–Trinajstić information content (AvgIpc) is 3.56. The summed E-state index contributed by atoms with van der Waals surface area (Å²) in [6.45, 7) is 4.51. The van der Waals surface area contributed by atoms with E-state index in [2.05, 4.69) is 4.99 Å². The number of ether oxygens (including phenoxy) is 2. The zero-order valence-electron chi connectivity index (χ0n) is 19.4. The van der Waals surface area contributed by atoms with Gasteiger partial charge >= 0.3 is 11.9 Å². The minimum atomic E-state index is -0.699. The predicted octanol–water partition coefficient (Wildman–Crippen LogP) is 2.65. The van der Waals surface area contributed by atoms with Crippen molar-refractivity contribution < 1.29 is 23.5 Å². The van der Waals surface area contributed by atoms with E-state index in [-0.39, 0.29) is 47.0 Å². The SMILES string of the molecule is CCOC(=O)c1cc2c(=O)n3cccc(C)c3nc2n(CC2CCCO2)c1=NC(=O)c1ccco1. The summed E-state index contributed by atoms with van der Waals surface area (Å²) in [4.78, 5) is 48.5. The van der Waals surface area contributed by atoms with Crippen molar-refractivity contribution in [3.05, 3.63) is 75.5 Å². The fourth-order valence-electron chi connectivity index (χ4n) is 4.28. The quantitative estimate of drug-likeness (QED) is 0.321. The number of rotatable bonds is 5. The Kier molecular flexibility index (Phi) is 6.04. The third-order valence-corrected chi connectivity index (χ3v) is 5.95. The first-order chi connectivity index (χ1) is 17.0. The van der Waals surface area contributed by atoms with E-state index in [1.54, 1.807) is 29.8 Å². The number of amides is 1. The molecule has 10 nitrogen and oxygen atoms in total. The number of carbonyl (C=O) groups excluding carboxylic acids is 2. The van der Waals surface area contributed by atoms with Crippen LogP contribution in [0.15, 0.2) is 57.0 Å². The molecule has 1 aliphatic rings. The maximum atomic E-state index is 13.5. The van der Waals surface area contributed by atoms with Crippen LogP contribution in [-0.2, 0) is 16.0 Å². The van der Waals surface area contributed by atoms with E-state index in [4.69, 9.17) is 18.9 Å². The van der Waals surface area contributed by atoms with Crippen LogP contribution in [-0.4, -0.2) is 45.1 Å². The molecule has 0 radical (unpaired) electrons. The Morgan fingerprint density at radius 1 is 1.26 bits per heavy atom. The average molecular weight is 476 g/mol. The van der Waals surface area contributed by atoms with Crippen LogP contribution in [0.4, 0.5) is 0 Å². The number of hydrogen-bond donors (Lipinski definition) is 0. The van der Waals surface area contributed by atoms with Crippen LogP contribution in [0.3, 0.4) is 0 Å². The number of carbonyl (C=O) groups is 2. The number of esters is 1. The van der Waals surface area contributed by atoms with Crippen LogP contribution in [0, 0.1) is 6.92 Å². The first-order valence-corrected chi connectivity index (χ1v) is 11.4. The summed E-state index contributed by atoms with van der Waals surface area (Å²) < 4.78 is 19.3. The summed E-state index contributed by atoms with van der Waals surface area (Å²) in [5, 5.41) is 0.207. The molecule has 5 heterocycles. The van der Waals surface area contributed by atoms with E-state index in [1.807, 2.05) is 13.0 Å². The van der Waals surface area contributed by atoms with Gasteiger partial charge in [0.05, 0.1) is 30.9 Å². The third kappa shape index (κ3) is 4.17. The Hall–Kier alpha value is -4.05. The van der Waals surface area contributed by atoms with E-state index in [0.717, 1.165) is 18.4 Å². The molecule has 4 aromatic rings. The topological polar surface area (TPSA) is 117 Å². The molecule has 0 spiro atoms. The van der Waals surface area contributed by atoms with Gasteiger partial charge in [0.1, 0.15) is 16.9 Å². The van der Waals surface area contributed by atoms with Gasteiger partial charge in [-0.3, -0.25) is 14.0 Å². The van der Waals surface area contributed by atoms with E-state index >= 15 is 0 Å². The minimum Gasteiger partial charge on any atom is -0.462 e. The smallest absolute Gasteiger partial charge is 0.341 e. The second-order valence-corrected chi connectivity index (χ2v) is 8.28. The Bertz CT molecular complexity index is 1560. The van der Waals surface area contributed by atoms with Crippen LogP contribution in [0.5, 0.6) is 0 Å². The molecular formula is C25H24N4O6. The maximum Gasteiger partial charge on any atom is 0.341 e. The van der Waals surface area contributed by atoms with Crippen LogP contribution in [0.1, 0.15) is 46.2 Å². The normalized spacial score (nSPS) is 16.3. The van der Waals surface area contributed by atoms with Gasteiger partial charge in [-0.05, 0) is 56.5 Å². The molecule has 1 aliphatic heterocycles. The third-order valence-electron chi connectivity index (χ3n) is 5.95. The summed E-state index contributed by atoms with van der Waals surface area (Å²) in [6, 6.07) is 8.08. The summed E-state index contributed by atoms with van der Waals surface area (Å²) in [6.07, 6.45) is 4.48. The first-order valence-electron chi connectivity index (χ1n) is 11.4. The number of aromatic nitrogens is 3. The van der Waals surface area contributed by atoms with Crippen LogP contribution in [0.25, 0.3) is 16.7 Å². The van der Waals surface area contributed by atoms with E-state index in [9.17, 15) is 14.4 Å². The van der Waals surface area contributed by atoms with Crippen LogP contribution in [0.2, 0.25) is 0 Å². The van der Waals surface area contributed by atoms with E-state index < -0.39 is 11.9 Å². The fourth-order valence-corrected chi connectivity index (χ4v) is 4.28. The zero-order chi connectivity index (χ0) is 24.5. The lowest BCUT2D eigenvalue weighted by molar-refractivity contribution is 0.0521. The fraction of sp³-hybridized carbons (Fsp3) is 0.320. The maximum absolute atomic E-state index is 13.5. The molecule has 35 heavy (non-hydrogen) atoms. The number of furan rings is 1. The number of pyridine rings is 2. The molecular weight excluding hydrogens is 452 g/mol. The van der Waals surface area contributed by atoms with E-state index in [1.165, 1.54) is 22.8 Å². The molecule has 0 aliphatic carbocycles. The van der Waals surface area contributed by atoms with Crippen molar-refractivity contribution in [3.8, 4) is 0 Å². The molecule has 0 N–H and O–H groups in total. The Balaban J connectivity index is 1.89. The van der Waals surface area contributed by atoms with Crippen molar-refractivity contribution in [2.24, 2.45) is 4.99 Å². The van der Waals surface area contributed by atoms with Crippen molar-refractivity contribution in [1.82, 2.24) is 14.0 Å². The van der Waals surface area contributed by atoms with Gasteiger partial charge in [0.15, 0.2) is 11.2 Å². The van der Waals surface area contributed by atoms with Gasteiger partial charge < -0.3 is 18.5 Å². The Morgan fingerprint density at radius 3 is 2.83 bits per heavy atom. The standard InChI is InChI=1S/C25H24N4O6/c1-3-33-25(32)18-13-17-21(26-20-15(2)7-4-10-28(20)24(17)31)29(14-16-8-5-11-34-16)22(18)27-23(30)19-9-6-12-35-19/h4,6-7,9-10,12-13,16H,3,5,8,11,14H2,1-2H3. The van der Waals surface area contributed by atoms with Gasteiger partial charge in [0, 0.05) is 12.8 Å². The second kappa shape index (κ2) is 9.30. The van der Waals surface area contributed by atoms with Gasteiger partial charge in [0.2, 0.25) is 0 Å². The highest BCUT2D eigenvalue weighted by Crippen LogP contribution is 2.18. The molecule has 1 saturated heterocycles. The number of fused-ring (bicyclic) bond motifs is 2. The molecule has 1 fully saturated rings. The largest absolute Gasteiger partial charge is 0.462 e. The van der Waals surface area contributed by atoms with Gasteiger partial charge in [0.25, 0.3) is 5.56 Å². The Morgan fingerprint density at radius 2 is 2.11 bits per heavy atom.